The molecule has 0 bridgehead atoms. The van der Waals surface area contributed by atoms with Gasteiger partial charge in [0.05, 0.1) is 17.0 Å². The molecule has 108 valence electrons. The summed E-state index contributed by atoms with van der Waals surface area (Å²) < 4.78 is 25.6. The third-order valence-corrected chi connectivity index (χ3v) is 6.31. The summed E-state index contributed by atoms with van der Waals surface area (Å²) in [5.41, 5.74) is -0.814. The number of hydrogen-bond donors (Lipinski definition) is 0. The van der Waals surface area contributed by atoms with E-state index in [0.717, 1.165) is 0 Å². The summed E-state index contributed by atoms with van der Waals surface area (Å²) in [7, 11) is -3.74. The van der Waals surface area contributed by atoms with Crippen molar-refractivity contribution in [3.8, 4) is 12.1 Å². The zero-order valence-electron chi connectivity index (χ0n) is 11.5. The SMILES string of the molecule is N#CC1(C#N)[C@@H](c2ccccc2)[C@@H]1S(=O)(=O)c1ccccc1. The lowest BCUT2D eigenvalue weighted by Crippen LogP contribution is -2.14. The van der Waals surface area contributed by atoms with E-state index in [1.165, 1.54) is 12.1 Å². The Morgan fingerprint density at radius 3 is 1.86 bits per heavy atom. The maximum atomic E-state index is 12.8. The lowest BCUT2D eigenvalue weighted by atomic mass is 10.0. The van der Waals surface area contributed by atoms with Crippen LogP contribution in [-0.4, -0.2) is 13.7 Å². The summed E-state index contributed by atoms with van der Waals surface area (Å²) >= 11 is 0. The Hall–Kier alpha value is -2.63. The topological polar surface area (TPSA) is 81.7 Å². The van der Waals surface area contributed by atoms with E-state index >= 15 is 0 Å². The van der Waals surface area contributed by atoms with Crippen molar-refractivity contribution in [2.45, 2.75) is 16.1 Å². The van der Waals surface area contributed by atoms with E-state index in [-0.39, 0.29) is 4.90 Å². The van der Waals surface area contributed by atoms with E-state index in [2.05, 4.69) is 0 Å². The van der Waals surface area contributed by atoms with Gasteiger partial charge in [0, 0.05) is 5.92 Å². The molecule has 0 spiro atoms. The van der Waals surface area contributed by atoms with Crippen LogP contribution in [0.5, 0.6) is 0 Å². The summed E-state index contributed by atoms with van der Waals surface area (Å²) in [6.45, 7) is 0. The molecule has 1 aliphatic carbocycles. The zero-order valence-corrected chi connectivity index (χ0v) is 12.4. The zero-order chi connectivity index (χ0) is 15.8. The lowest BCUT2D eigenvalue weighted by molar-refractivity contribution is 0.591. The fourth-order valence-corrected chi connectivity index (χ4v) is 5.15. The standard InChI is InChI=1S/C17H12N2O2S/c18-11-17(12-19)15(13-7-3-1-4-8-13)16(17)22(20,21)14-9-5-2-6-10-14/h1-10,15-16H/t15-,16-/m0/s1. The van der Waals surface area contributed by atoms with Crippen LogP contribution in [-0.2, 0) is 9.84 Å². The van der Waals surface area contributed by atoms with Gasteiger partial charge >= 0.3 is 0 Å². The number of hydrogen-bond acceptors (Lipinski definition) is 4. The fraction of sp³-hybridized carbons (Fsp3) is 0.176. The third kappa shape index (κ3) is 1.91. The van der Waals surface area contributed by atoms with Crippen molar-refractivity contribution in [1.82, 2.24) is 0 Å². The maximum absolute atomic E-state index is 12.8. The third-order valence-electron chi connectivity index (χ3n) is 4.07. The number of nitriles is 2. The quantitative estimate of drug-likeness (QED) is 0.873. The van der Waals surface area contributed by atoms with Crippen molar-refractivity contribution >= 4 is 9.84 Å². The Kier molecular flexibility index (Phi) is 3.24. The van der Waals surface area contributed by atoms with E-state index in [4.69, 9.17) is 0 Å². The van der Waals surface area contributed by atoms with Gasteiger partial charge in [0.2, 0.25) is 0 Å². The van der Waals surface area contributed by atoms with Crippen LogP contribution in [0.4, 0.5) is 0 Å². The van der Waals surface area contributed by atoms with Crippen LogP contribution in [0.3, 0.4) is 0 Å². The van der Waals surface area contributed by atoms with Crippen molar-refractivity contribution in [2.75, 3.05) is 0 Å². The van der Waals surface area contributed by atoms with Crippen molar-refractivity contribution < 1.29 is 8.42 Å². The van der Waals surface area contributed by atoms with E-state index in [1.54, 1.807) is 42.5 Å². The molecule has 5 heteroatoms. The van der Waals surface area contributed by atoms with E-state index in [9.17, 15) is 18.9 Å². The first-order valence-electron chi connectivity index (χ1n) is 6.74. The van der Waals surface area contributed by atoms with Crippen LogP contribution in [0.25, 0.3) is 0 Å². The summed E-state index contributed by atoms with van der Waals surface area (Å²) in [4.78, 5) is 0.147. The lowest BCUT2D eigenvalue weighted by Gasteiger charge is -2.03. The number of benzene rings is 2. The molecular formula is C17H12N2O2S. The highest BCUT2D eigenvalue weighted by Gasteiger charge is 2.73. The van der Waals surface area contributed by atoms with Gasteiger partial charge in [0.25, 0.3) is 0 Å². The van der Waals surface area contributed by atoms with Crippen molar-refractivity contribution in [3.05, 3.63) is 66.2 Å². The molecule has 3 rings (SSSR count). The van der Waals surface area contributed by atoms with Gasteiger partial charge in [-0.05, 0) is 17.7 Å². The Morgan fingerprint density at radius 2 is 1.36 bits per heavy atom. The fourth-order valence-electron chi connectivity index (χ4n) is 2.93. The number of nitrogens with zero attached hydrogens (tertiary/aromatic N) is 2. The monoisotopic (exact) mass is 308 g/mol. The molecule has 0 N–H and O–H groups in total. The molecule has 22 heavy (non-hydrogen) atoms. The second-order valence-corrected chi connectivity index (χ2v) is 7.33. The van der Waals surface area contributed by atoms with Gasteiger partial charge < -0.3 is 0 Å². The van der Waals surface area contributed by atoms with Crippen LogP contribution < -0.4 is 0 Å². The Bertz CT molecular complexity index is 864. The molecule has 0 radical (unpaired) electrons. The minimum absolute atomic E-state index is 0.147. The molecule has 4 nitrogen and oxygen atoms in total. The summed E-state index contributed by atoms with van der Waals surface area (Å²) in [6, 6.07) is 20.7. The largest absolute Gasteiger partial charge is 0.223 e. The van der Waals surface area contributed by atoms with Crippen LogP contribution in [0.2, 0.25) is 0 Å². The molecule has 1 aliphatic rings. The van der Waals surface area contributed by atoms with Gasteiger partial charge in [0.15, 0.2) is 15.3 Å². The molecule has 1 fully saturated rings. The Balaban J connectivity index is 2.11. The number of sulfone groups is 1. The minimum Gasteiger partial charge on any atom is -0.223 e. The molecule has 0 aliphatic heterocycles. The van der Waals surface area contributed by atoms with Crippen LogP contribution >= 0.6 is 0 Å². The molecule has 0 saturated heterocycles. The van der Waals surface area contributed by atoms with Crippen molar-refractivity contribution in [2.24, 2.45) is 5.41 Å². The molecule has 2 aromatic rings. The Morgan fingerprint density at radius 1 is 0.864 bits per heavy atom. The molecule has 0 amide bonds. The van der Waals surface area contributed by atoms with Gasteiger partial charge in [-0.25, -0.2) is 8.42 Å². The second-order valence-electron chi connectivity index (χ2n) is 5.26. The molecule has 2 atom stereocenters. The van der Waals surface area contributed by atoms with E-state index in [0.29, 0.717) is 5.56 Å². The average Bonchev–Trinajstić information content (AvgIpc) is 3.27. The van der Waals surface area contributed by atoms with Crippen LogP contribution in [0.1, 0.15) is 11.5 Å². The first-order chi connectivity index (χ1) is 10.6. The smallest absolute Gasteiger partial charge is 0.184 e. The highest BCUT2D eigenvalue weighted by atomic mass is 32.2. The van der Waals surface area contributed by atoms with Gasteiger partial charge in [-0.15, -0.1) is 0 Å². The van der Waals surface area contributed by atoms with Crippen molar-refractivity contribution in [1.29, 1.82) is 10.5 Å². The summed E-state index contributed by atoms with van der Waals surface area (Å²) in [5.74, 6) is -0.617. The van der Waals surface area contributed by atoms with Gasteiger partial charge in [-0.1, -0.05) is 48.5 Å². The predicted molar refractivity (Wildman–Crippen MR) is 80.3 cm³/mol. The predicted octanol–water partition coefficient (Wildman–Crippen LogP) is 2.66. The van der Waals surface area contributed by atoms with Gasteiger partial charge in [-0.2, -0.15) is 10.5 Å². The van der Waals surface area contributed by atoms with Gasteiger partial charge in [0.1, 0.15) is 5.25 Å². The van der Waals surface area contributed by atoms with Crippen LogP contribution in [0, 0.1) is 28.1 Å². The normalized spacial score (nSPS) is 22.3. The highest BCUT2D eigenvalue weighted by molar-refractivity contribution is 7.92. The first kappa shape index (κ1) is 14.3. The first-order valence-corrected chi connectivity index (χ1v) is 8.29. The minimum atomic E-state index is -3.74. The van der Waals surface area contributed by atoms with Crippen molar-refractivity contribution in [3.63, 3.8) is 0 Å². The molecule has 0 aromatic heterocycles. The van der Waals surface area contributed by atoms with E-state index in [1.807, 2.05) is 18.2 Å². The number of rotatable bonds is 3. The van der Waals surface area contributed by atoms with Crippen LogP contribution in [0.15, 0.2) is 65.6 Å². The summed E-state index contributed by atoms with van der Waals surface area (Å²) in [5, 5.41) is 17.8. The Labute approximate surface area is 129 Å². The molecule has 0 heterocycles. The van der Waals surface area contributed by atoms with E-state index < -0.39 is 26.4 Å². The molecule has 0 unspecified atom stereocenters. The molecule has 2 aromatic carbocycles. The summed E-state index contributed by atoms with van der Waals surface area (Å²) in [6.07, 6.45) is 0. The molecular weight excluding hydrogens is 296 g/mol. The highest BCUT2D eigenvalue weighted by Crippen LogP contribution is 2.63. The maximum Gasteiger partial charge on any atom is 0.184 e. The molecule has 1 saturated carbocycles. The average molecular weight is 308 g/mol. The van der Waals surface area contributed by atoms with Gasteiger partial charge in [-0.3, -0.25) is 0 Å². The second kappa shape index (κ2) is 4.98.